The fourth-order valence-corrected chi connectivity index (χ4v) is 5.09. The van der Waals surface area contributed by atoms with Gasteiger partial charge in [0.1, 0.15) is 0 Å². The lowest BCUT2D eigenvalue weighted by molar-refractivity contribution is 0.0773. The minimum absolute atomic E-state index is 0. The number of halogens is 1. The largest absolute Gasteiger partial charge is 0.337 e. The van der Waals surface area contributed by atoms with Crippen LogP contribution < -0.4 is 5.32 Å². The zero-order valence-corrected chi connectivity index (χ0v) is 18.7. The quantitative estimate of drug-likeness (QED) is 0.774. The standard InChI is InChI=1S/C19H30N4O3S.ClH/c1-14-11-16(12-18(15(14)2)27(25,26)21(3)4)19(24)23-8-5-17(13-23)22-9-6-20-7-10-22;/h11-12,17,20H,5-10,13H2,1-4H3;1H. The van der Waals surface area contributed by atoms with E-state index in [1.165, 1.54) is 24.5 Å². The van der Waals surface area contributed by atoms with Gasteiger partial charge >= 0.3 is 0 Å². The van der Waals surface area contributed by atoms with Gasteiger partial charge in [-0.3, -0.25) is 9.69 Å². The van der Waals surface area contributed by atoms with E-state index in [-0.39, 0.29) is 23.2 Å². The molecule has 2 saturated heterocycles. The van der Waals surface area contributed by atoms with Crippen LogP contribution in [0, 0.1) is 13.8 Å². The van der Waals surface area contributed by atoms with Gasteiger partial charge in [-0.15, -0.1) is 12.4 Å². The molecule has 7 nitrogen and oxygen atoms in total. The van der Waals surface area contributed by atoms with E-state index in [9.17, 15) is 13.2 Å². The van der Waals surface area contributed by atoms with Crippen molar-refractivity contribution < 1.29 is 13.2 Å². The van der Waals surface area contributed by atoms with Crippen LogP contribution in [0.2, 0.25) is 0 Å². The van der Waals surface area contributed by atoms with Crippen LogP contribution in [0.1, 0.15) is 27.9 Å². The van der Waals surface area contributed by atoms with E-state index in [0.717, 1.165) is 44.7 Å². The van der Waals surface area contributed by atoms with Crippen LogP contribution in [0.15, 0.2) is 17.0 Å². The number of sulfonamides is 1. The number of nitrogens with zero attached hydrogens (tertiary/aromatic N) is 3. The number of carbonyl (C=O) groups excluding carboxylic acids is 1. The van der Waals surface area contributed by atoms with Crippen LogP contribution in [0.5, 0.6) is 0 Å². The Kier molecular flexibility index (Phi) is 7.50. The number of amides is 1. The second-order valence-corrected chi connectivity index (χ2v) is 9.80. The Hall–Kier alpha value is -1.19. The van der Waals surface area contributed by atoms with Crippen molar-refractivity contribution in [1.82, 2.24) is 19.4 Å². The van der Waals surface area contributed by atoms with Gasteiger partial charge in [-0.1, -0.05) is 0 Å². The Morgan fingerprint density at radius 1 is 1.14 bits per heavy atom. The minimum atomic E-state index is -3.59. The van der Waals surface area contributed by atoms with Gasteiger partial charge < -0.3 is 10.2 Å². The highest BCUT2D eigenvalue weighted by molar-refractivity contribution is 7.89. The summed E-state index contributed by atoms with van der Waals surface area (Å²) in [6.45, 7) is 9.09. The van der Waals surface area contributed by atoms with Crippen molar-refractivity contribution in [2.24, 2.45) is 0 Å². The molecule has 0 spiro atoms. The summed E-state index contributed by atoms with van der Waals surface area (Å²) in [5, 5.41) is 3.36. The molecule has 28 heavy (non-hydrogen) atoms. The number of hydrogen-bond acceptors (Lipinski definition) is 5. The SMILES string of the molecule is Cc1cc(C(=O)N2CCC(N3CCNCC3)C2)cc(S(=O)(=O)N(C)C)c1C.Cl. The summed E-state index contributed by atoms with van der Waals surface area (Å²) in [6.07, 6.45) is 0.972. The molecular weight excluding hydrogens is 400 g/mol. The fraction of sp³-hybridized carbons (Fsp3) is 0.632. The monoisotopic (exact) mass is 430 g/mol. The molecule has 1 aromatic carbocycles. The zero-order chi connectivity index (χ0) is 19.8. The minimum Gasteiger partial charge on any atom is -0.337 e. The molecule has 2 fully saturated rings. The maximum Gasteiger partial charge on any atom is 0.253 e. The van der Waals surface area contributed by atoms with Crippen molar-refractivity contribution in [2.45, 2.75) is 31.2 Å². The number of piperazine rings is 1. The Labute approximate surface area is 174 Å². The van der Waals surface area contributed by atoms with E-state index < -0.39 is 10.0 Å². The first-order valence-electron chi connectivity index (χ1n) is 9.49. The number of aryl methyl sites for hydroxylation is 1. The van der Waals surface area contributed by atoms with Gasteiger partial charge in [-0.2, -0.15) is 0 Å². The molecule has 2 heterocycles. The first kappa shape index (κ1) is 23.1. The Morgan fingerprint density at radius 2 is 1.79 bits per heavy atom. The van der Waals surface area contributed by atoms with Crippen molar-refractivity contribution in [3.8, 4) is 0 Å². The molecule has 0 radical (unpaired) electrons. The first-order valence-corrected chi connectivity index (χ1v) is 10.9. The van der Waals surface area contributed by atoms with Crippen molar-refractivity contribution in [3.63, 3.8) is 0 Å². The van der Waals surface area contributed by atoms with Gasteiger partial charge in [-0.05, 0) is 43.5 Å². The number of likely N-dealkylation sites (tertiary alicyclic amines) is 1. The summed E-state index contributed by atoms with van der Waals surface area (Å²) in [6, 6.07) is 3.75. The lowest BCUT2D eigenvalue weighted by Gasteiger charge is -2.32. The van der Waals surface area contributed by atoms with E-state index in [0.29, 0.717) is 23.7 Å². The molecule has 1 amide bonds. The molecule has 2 aliphatic rings. The molecule has 158 valence electrons. The van der Waals surface area contributed by atoms with Gasteiger partial charge in [0.15, 0.2) is 0 Å². The highest BCUT2D eigenvalue weighted by Crippen LogP contribution is 2.25. The summed E-state index contributed by atoms with van der Waals surface area (Å²) in [5.41, 5.74) is 1.97. The number of hydrogen-bond donors (Lipinski definition) is 1. The molecule has 3 rings (SSSR count). The predicted octanol–water partition coefficient (Wildman–Crippen LogP) is 1.10. The van der Waals surface area contributed by atoms with Crippen molar-refractivity contribution >= 4 is 28.3 Å². The topological polar surface area (TPSA) is 73.0 Å². The van der Waals surface area contributed by atoms with Gasteiger partial charge in [-0.25, -0.2) is 12.7 Å². The van der Waals surface area contributed by atoms with Crippen LogP contribution in [0.25, 0.3) is 0 Å². The number of nitrogens with one attached hydrogen (secondary N) is 1. The van der Waals surface area contributed by atoms with Gasteiger partial charge in [0, 0.05) is 65.0 Å². The Bertz CT molecular complexity index is 823. The molecule has 0 aliphatic carbocycles. The molecular formula is C19H31ClN4O3S. The molecule has 2 aliphatic heterocycles. The number of benzene rings is 1. The normalized spacial score (nSPS) is 21.0. The van der Waals surface area contributed by atoms with Gasteiger partial charge in [0.2, 0.25) is 10.0 Å². The van der Waals surface area contributed by atoms with Crippen LogP contribution in [-0.2, 0) is 10.0 Å². The van der Waals surface area contributed by atoms with Crippen molar-refractivity contribution in [3.05, 3.63) is 28.8 Å². The van der Waals surface area contributed by atoms with Gasteiger partial charge in [0.05, 0.1) is 4.90 Å². The maximum absolute atomic E-state index is 13.1. The van der Waals surface area contributed by atoms with E-state index in [1.54, 1.807) is 6.92 Å². The van der Waals surface area contributed by atoms with Crippen LogP contribution in [0.3, 0.4) is 0 Å². The summed E-state index contributed by atoms with van der Waals surface area (Å²) in [4.78, 5) is 17.6. The lowest BCUT2D eigenvalue weighted by Crippen LogP contribution is -2.49. The predicted molar refractivity (Wildman–Crippen MR) is 113 cm³/mol. The molecule has 0 bridgehead atoms. The fourth-order valence-electron chi connectivity index (χ4n) is 3.87. The zero-order valence-electron chi connectivity index (χ0n) is 17.1. The lowest BCUT2D eigenvalue weighted by atomic mass is 10.1. The van der Waals surface area contributed by atoms with E-state index in [1.807, 2.05) is 17.9 Å². The van der Waals surface area contributed by atoms with Crippen LogP contribution in [-0.4, -0.2) is 87.8 Å². The smallest absolute Gasteiger partial charge is 0.253 e. The third-order valence-electron chi connectivity index (χ3n) is 5.74. The summed E-state index contributed by atoms with van der Waals surface area (Å²) in [5.74, 6) is -0.0778. The van der Waals surface area contributed by atoms with E-state index in [4.69, 9.17) is 0 Å². The van der Waals surface area contributed by atoms with E-state index >= 15 is 0 Å². The van der Waals surface area contributed by atoms with Crippen LogP contribution in [0.4, 0.5) is 0 Å². The Morgan fingerprint density at radius 3 is 2.39 bits per heavy atom. The molecule has 9 heteroatoms. The molecule has 1 atom stereocenters. The van der Waals surface area contributed by atoms with E-state index in [2.05, 4.69) is 10.2 Å². The first-order chi connectivity index (χ1) is 12.7. The molecule has 1 unspecified atom stereocenters. The highest BCUT2D eigenvalue weighted by atomic mass is 35.5. The van der Waals surface area contributed by atoms with Gasteiger partial charge in [0.25, 0.3) is 5.91 Å². The number of carbonyl (C=O) groups is 1. The third-order valence-corrected chi connectivity index (χ3v) is 7.69. The molecule has 0 aromatic heterocycles. The average molecular weight is 431 g/mol. The molecule has 0 saturated carbocycles. The Balaban J connectivity index is 0.00000280. The second kappa shape index (κ2) is 9.09. The van der Waals surface area contributed by atoms with Crippen molar-refractivity contribution in [1.29, 1.82) is 0 Å². The second-order valence-electron chi connectivity index (χ2n) is 7.68. The average Bonchev–Trinajstić information content (AvgIpc) is 3.13. The maximum atomic E-state index is 13.1. The van der Waals surface area contributed by atoms with Crippen molar-refractivity contribution in [2.75, 3.05) is 53.4 Å². The third kappa shape index (κ3) is 4.52. The summed E-state index contributed by atoms with van der Waals surface area (Å²) >= 11 is 0. The van der Waals surface area contributed by atoms with Crippen LogP contribution >= 0.6 is 12.4 Å². The molecule has 1 N–H and O–H groups in total. The molecule has 1 aromatic rings. The summed E-state index contributed by atoms with van der Waals surface area (Å²) < 4.78 is 26.5. The number of rotatable bonds is 4. The highest BCUT2D eigenvalue weighted by Gasteiger charge is 2.32. The summed E-state index contributed by atoms with van der Waals surface area (Å²) in [7, 11) is -0.568.